The van der Waals surface area contributed by atoms with E-state index in [0.29, 0.717) is 33.0 Å². The highest BCUT2D eigenvalue weighted by Crippen LogP contribution is 2.16. The van der Waals surface area contributed by atoms with Crippen LogP contribution in [0.5, 0.6) is 0 Å². The second kappa shape index (κ2) is 48.6. The first-order chi connectivity index (χ1) is 32.3. The van der Waals surface area contributed by atoms with E-state index in [2.05, 4.69) is 62.4 Å². The molecule has 0 aliphatic rings. The maximum absolute atomic E-state index is 6.25. The van der Waals surface area contributed by atoms with Crippen LogP contribution in [0.2, 0.25) is 0 Å². The lowest BCUT2D eigenvalue weighted by Gasteiger charge is -2.19. The van der Waals surface area contributed by atoms with E-state index in [1.165, 1.54) is 204 Å². The van der Waals surface area contributed by atoms with Gasteiger partial charge in [-0.2, -0.15) is 0 Å². The molecule has 2 rings (SSSR count). The molecule has 0 saturated carbocycles. The van der Waals surface area contributed by atoms with Gasteiger partial charge in [-0.1, -0.05) is 267 Å². The first-order valence-corrected chi connectivity index (χ1v) is 28.0. The summed E-state index contributed by atoms with van der Waals surface area (Å²) in [6.45, 7) is 10.7. The first-order valence-electron chi connectivity index (χ1n) is 28.0. The molecule has 65 heavy (non-hydrogen) atoms. The lowest BCUT2D eigenvalue weighted by molar-refractivity contribution is -0.175. The fourth-order valence-corrected chi connectivity index (χ4v) is 8.52. The molecule has 2 unspecified atom stereocenters. The van der Waals surface area contributed by atoms with Crippen LogP contribution >= 0.6 is 0 Å². The van der Waals surface area contributed by atoms with Crippen molar-refractivity contribution < 1.29 is 28.4 Å². The van der Waals surface area contributed by atoms with Crippen LogP contribution in [0.4, 0.5) is 0 Å². The van der Waals surface area contributed by atoms with Crippen LogP contribution < -0.4 is 0 Å². The van der Waals surface area contributed by atoms with Crippen molar-refractivity contribution in [2.45, 2.75) is 258 Å². The Morgan fingerprint density at radius 1 is 0.292 bits per heavy atom. The van der Waals surface area contributed by atoms with Gasteiger partial charge in [-0.25, -0.2) is 0 Å². The highest BCUT2D eigenvalue weighted by atomic mass is 16.7. The number of rotatable bonds is 52. The molecule has 0 saturated heterocycles. The number of hydrogen-bond donors (Lipinski definition) is 0. The van der Waals surface area contributed by atoms with Gasteiger partial charge in [0.05, 0.1) is 33.0 Å². The van der Waals surface area contributed by atoms with E-state index in [4.69, 9.17) is 28.4 Å². The maximum atomic E-state index is 6.25. The molecule has 2 aromatic rings. The molecule has 0 amide bonds. The third-order valence-electron chi connectivity index (χ3n) is 12.7. The Bertz CT molecular complexity index is 1090. The predicted molar refractivity (Wildman–Crippen MR) is 277 cm³/mol. The molecule has 6 nitrogen and oxygen atoms in total. The van der Waals surface area contributed by atoms with E-state index >= 15 is 0 Å². The van der Waals surface area contributed by atoms with E-state index in [1.54, 1.807) is 0 Å². The minimum absolute atomic E-state index is 0.0158. The number of ether oxygens (including phenoxy) is 6. The third-order valence-corrected chi connectivity index (χ3v) is 12.7. The van der Waals surface area contributed by atoms with Crippen molar-refractivity contribution in [2.24, 2.45) is 0 Å². The molecule has 0 N–H and O–H groups in total. The Balaban J connectivity index is 1.36. The quantitative estimate of drug-likeness (QED) is 0.0487. The van der Waals surface area contributed by atoms with Gasteiger partial charge < -0.3 is 28.4 Å². The van der Waals surface area contributed by atoms with Crippen molar-refractivity contribution >= 4 is 0 Å². The standard InChI is InChI=1S/C59H104O6/c1-3-5-7-9-11-26-30-40-48-63-58(54-61-51-56-43-35-33-36-44-56)53-60-47-39-29-25-23-21-19-17-15-13-14-16-18-20-22-24-28-32-42-50-65-59(55-62-52-57-45-37-34-38-46-57)64-49-41-31-27-12-10-8-6-4-2/h33-38,43-46,58-59H,3-32,39-42,47-55H2,1-2H3. The summed E-state index contributed by atoms with van der Waals surface area (Å²) in [5.41, 5.74) is 2.40. The zero-order chi connectivity index (χ0) is 46.0. The van der Waals surface area contributed by atoms with E-state index in [1.807, 2.05) is 12.1 Å². The highest BCUT2D eigenvalue weighted by molar-refractivity contribution is 5.14. The SMILES string of the molecule is CCCCCCCCCCOC(COCCCCCCCCCCCCCCCCCCCCOC(COCc1ccccc1)OCCCCCCCCCC)COCc1ccccc1. The van der Waals surface area contributed by atoms with Crippen LogP contribution in [-0.4, -0.2) is 58.6 Å². The van der Waals surface area contributed by atoms with Gasteiger partial charge in [0, 0.05) is 26.4 Å². The Hall–Kier alpha value is -1.80. The van der Waals surface area contributed by atoms with E-state index in [9.17, 15) is 0 Å². The van der Waals surface area contributed by atoms with Crippen molar-refractivity contribution in [3.8, 4) is 0 Å². The summed E-state index contributed by atoms with van der Waals surface area (Å²) < 4.78 is 36.7. The zero-order valence-electron chi connectivity index (χ0n) is 42.8. The van der Waals surface area contributed by atoms with Crippen LogP contribution in [0.25, 0.3) is 0 Å². The van der Waals surface area contributed by atoms with Gasteiger partial charge in [-0.15, -0.1) is 0 Å². The van der Waals surface area contributed by atoms with Crippen molar-refractivity contribution in [1.82, 2.24) is 0 Å². The van der Waals surface area contributed by atoms with Crippen LogP contribution in [0.3, 0.4) is 0 Å². The molecule has 0 aliphatic heterocycles. The fraction of sp³-hybridized carbons (Fsp3) is 0.797. The van der Waals surface area contributed by atoms with Crippen molar-refractivity contribution in [2.75, 3.05) is 46.2 Å². The molecule has 376 valence electrons. The highest BCUT2D eigenvalue weighted by Gasteiger charge is 2.12. The summed E-state index contributed by atoms with van der Waals surface area (Å²) in [4.78, 5) is 0. The first kappa shape index (κ1) is 59.3. The van der Waals surface area contributed by atoms with Gasteiger partial charge in [0.1, 0.15) is 6.10 Å². The van der Waals surface area contributed by atoms with E-state index in [0.717, 1.165) is 52.1 Å². The molecule has 2 aromatic carbocycles. The largest absolute Gasteiger partial charge is 0.379 e. The maximum Gasteiger partial charge on any atom is 0.180 e. The molecule has 0 radical (unpaired) electrons. The Morgan fingerprint density at radius 3 is 0.954 bits per heavy atom. The topological polar surface area (TPSA) is 55.4 Å². The normalized spacial score (nSPS) is 12.6. The fourth-order valence-electron chi connectivity index (χ4n) is 8.52. The Labute approximate surface area is 402 Å². The molecule has 0 fully saturated rings. The average molecular weight is 909 g/mol. The molecular weight excluding hydrogens is 805 g/mol. The van der Waals surface area contributed by atoms with Gasteiger partial charge in [0.15, 0.2) is 6.29 Å². The summed E-state index contributed by atoms with van der Waals surface area (Å²) in [7, 11) is 0. The molecule has 0 bridgehead atoms. The monoisotopic (exact) mass is 909 g/mol. The average Bonchev–Trinajstić information content (AvgIpc) is 3.33. The summed E-state index contributed by atoms with van der Waals surface area (Å²) in [5, 5.41) is 0. The summed E-state index contributed by atoms with van der Waals surface area (Å²) in [5.74, 6) is 0. The minimum atomic E-state index is -0.262. The molecule has 0 aromatic heterocycles. The third kappa shape index (κ3) is 40.9. The summed E-state index contributed by atoms with van der Waals surface area (Å²) in [6, 6.07) is 20.8. The van der Waals surface area contributed by atoms with E-state index in [-0.39, 0.29) is 12.4 Å². The van der Waals surface area contributed by atoms with Crippen molar-refractivity contribution in [3.05, 3.63) is 71.8 Å². The summed E-state index contributed by atoms with van der Waals surface area (Å²) in [6.07, 6.45) is 44.9. The number of unbranched alkanes of at least 4 members (excludes halogenated alkanes) is 31. The summed E-state index contributed by atoms with van der Waals surface area (Å²) >= 11 is 0. The number of hydrogen-bond acceptors (Lipinski definition) is 6. The van der Waals surface area contributed by atoms with E-state index < -0.39 is 0 Å². The molecular formula is C59H104O6. The van der Waals surface area contributed by atoms with Crippen LogP contribution in [-0.2, 0) is 41.6 Å². The van der Waals surface area contributed by atoms with Crippen molar-refractivity contribution in [1.29, 1.82) is 0 Å². The van der Waals surface area contributed by atoms with Gasteiger partial charge in [0.2, 0.25) is 0 Å². The van der Waals surface area contributed by atoms with Gasteiger partial charge in [-0.05, 0) is 36.8 Å². The van der Waals surface area contributed by atoms with Gasteiger partial charge in [-0.3, -0.25) is 0 Å². The smallest absolute Gasteiger partial charge is 0.180 e. The Morgan fingerprint density at radius 2 is 0.585 bits per heavy atom. The molecule has 0 heterocycles. The number of benzene rings is 2. The van der Waals surface area contributed by atoms with Gasteiger partial charge in [0.25, 0.3) is 0 Å². The molecule has 6 heteroatoms. The van der Waals surface area contributed by atoms with Crippen molar-refractivity contribution in [3.63, 3.8) is 0 Å². The Kier molecular flexibility index (Phi) is 44.4. The van der Waals surface area contributed by atoms with Crippen LogP contribution in [0.1, 0.15) is 243 Å². The second-order valence-corrected chi connectivity index (χ2v) is 19.1. The predicted octanol–water partition coefficient (Wildman–Crippen LogP) is 17.5. The molecule has 0 spiro atoms. The minimum Gasteiger partial charge on any atom is -0.379 e. The lowest BCUT2D eigenvalue weighted by Crippen LogP contribution is -2.26. The van der Waals surface area contributed by atoms with Gasteiger partial charge >= 0.3 is 0 Å². The second-order valence-electron chi connectivity index (χ2n) is 19.1. The zero-order valence-corrected chi connectivity index (χ0v) is 42.8. The molecule has 2 atom stereocenters. The van der Waals surface area contributed by atoms with Crippen LogP contribution in [0.15, 0.2) is 60.7 Å². The lowest BCUT2D eigenvalue weighted by atomic mass is 10.0. The van der Waals surface area contributed by atoms with Crippen LogP contribution in [0, 0.1) is 0 Å². The molecule has 0 aliphatic carbocycles.